The number of hydrogen-bond acceptors (Lipinski definition) is 5. The van der Waals surface area contributed by atoms with E-state index in [0.29, 0.717) is 29.5 Å². The van der Waals surface area contributed by atoms with Gasteiger partial charge in [-0.25, -0.2) is 0 Å². The van der Waals surface area contributed by atoms with Crippen LogP contribution in [0, 0.1) is 12.8 Å². The molecule has 35 heavy (non-hydrogen) atoms. The van der Waals surface area contributed by atoms with Gasteiger partial charge in [-0.3, -0.25) is 14.5 Å². The highest BCUT2D eigenvalue weighted by Gasteiger charge is 2.29. The molecule has 1 aliphatic carbocycles. The number of rotatable bonds is 9. The molecular formula is C28H35ClN2O4. The first-order valence-electron chi connectivity index (χ1n) is 12.7. The van der Waals surface area contributed by atoms with E-state index < -0.39 is 0 Å². The van der Waals surface area contributed by atoms with E-state index in [4.69, 9.17) is 21.1 Å². The average Bonchev–Trinajstić information content (AvgIpc) is 3.41. The zero-order valence-electron chi connectivity index (χ0n) is 20.7. The molecule has 7 heteroatoms. The Balaban J connectivity index is 1.55. The molecule has 1 saturated carbocycles. The van der Waals surface area contributed by atoms with E-state index in [0.717, 1.165) is 87.2 Å². The fourth-order valence-corrected chi connectivity index (χ4v) is 5.33. The SMILES string of the molecule is CCN(C(=O)C1CCCC1)c1cc(-c2ccc(OCCN3CCOCC3)cc2Cl)cc(C=O)c1C. The van der Waals surface area contributed by atoms with E-state index in [1.165, 1.54) is 0 Å². The summed E-state index contributed by atoms with van der Waals surface area (Å²) in [5.74, 6) is 0.925. The zero-order chi connectivity index (χ0) is 24.8. The Kier molecular flexibility index (Phi) is 8.82. The maximum Gasteiger partial charge on any atom is 0.230 e. The fourth-order valence-electron chi connectivity index (χ4n) is 5.05. The number of carbonyl (C=O) groups is 2. The van der Waals surface area contributed by atoms with Crippen LogP contribution in [0.1, 0.15) is 48.5 Å². The molecule has 1 aliphatic heterocycles. The third kappa shape index (κ3) is 6.05. The summed E-state index contributed by atoms with van der Waals surface area (Å²) in [7, 11) is 0. The minimum Gasteiger partial charge on any atom is -0.492 e. The van der Waals surface area contributed by atoms with Crippen LogP contribution in [0.25, 0.3) is 11.1 Å². The molecule has 0 N–H and O–H groups in total. The van der Waals surface area contributed by atoms with Crippen LogP contribution in [0.4, 0.5) is 5.69 Å². The lowest BCUT2D eigenvalue weighted by Crippen LogP contribution is -2.38. The molecule has 0 atom stereocenters. The second-order valence-electron chi connectivity index (χ2n) is 9.34. The number of aldehydes is 1. The monoisotopic (exact) mass is 498 g/mol. The number of ether oxygens (including phenoxy) is 2. The van der Waals surface area contributed by atoms with Crippen LogP contribution in [0.2, 0.25) is 5.02 Å². The quantitative estimate of drug-likeness (QED) is 0.434. The van der Waals surface area contributed by atoms with Gasteiger partial charge in [0.25, 0.3) is 0 Å². The standard InChI is InChI=1S/C28H35ClN2O4/c1-3-31(28(33)21-6-4-5-7-21)27-17-22(16-23(19-32)20(27)2)25-9-8-24(18-26(25)29)35-15-12-30-10-13-34-14-11-30/h8-9,16-19,21H,3-7,10-15H2,1-2H3. The van der Waals surface area contributed by atoms with Gasteiger partial charge in [0.05, 0.1) is 18.2 Å². The Morgan fingerprint density at radius 3 is 2.60 bits per heavy atom. The second-order valence-corrected chi connectivity index (χ2v) is 9.74. The summed E-state index contributed by atoms with van der Waals surface area (Å²) < 4.78 is 11.3. The number of carbonyl (C=O) groups excluding carboxylic acids is 2. The van der Waals surface area contributed by atoms with Crippen LogP contribution in [0.15, 0.2) is 30.3 Å². The van der Waals surface area contributed by atoms with Crippen molar-refractivity contribution in [2.24, 2.45) is 5.92 Å². The highest BCUT2D eigenvalue weighted by atomic mass is 35.5. The molecule has 0 radical (unpaired) electrons. The number of anilines is 1. The molecule has 0 spiro atoms. The summed E-state index contributed by atoms with van der Waals surface area (Å²) >= 11 is 6.68. The summed E-state index contributed by atoms with van der Waals surface area (Å²) in [6.07, 6.45) is 4.93. The molecule has 4 rings (SSSR count). The van der Waals surface area contributed by atoms with E-state index in [-0.39, 0.29) is 11.8 Å². The first-order chi connectivity index (χ1) is 17.0. The van der Waals surface area contributed by atoms with E-state index in [1.54, 1.807) is 0 Å². The molecule has 0 unspecified atom stereocenters. The van der Waals surface area contributed by atoms with Crippen molar-refractivity contribution in [2.45, 2.75) is 39.5 Å². The normalized spacial score (nSPS) is 16.9. The molecule has 2 aliphatic rings. The van der Waals surface area contributed by atoms with Gasteiger partial charge in [0.15, 0.2) is 0 Å². The molecule has 0 bridgehead atoms. The lowest BCUT2D eigenvalue weighted by molar-refractivity contribution is -0.122. The molecule has 6 nitrogen and oxygen atoms in total. The fraction of sp³-hybridized carbons (Fsp3) is 0.500. The van der Waals surface area contributed by atoms with Crippen LogP contribution in [-0.4, -0.2) is 63.1 Å². The molecule has 188 valence electrons. The number of nitrogens with zero attached hydrogens (tertiary/aromatic N) is 2. The van der Waals surface area contributed by atoms with Crippen LogP contribution in [0.5, 0.6) is 5.75 Å². The van der Waals surface area contributed by atoms with Gasteiger partial charge in [0, 0.05) is 48.9 Å². The number of morpholine rings is 1. The van der Waals surface area contributed by atoms with Crippen molar-refractivity contribution in [3.05, 3.63) is 46.5 Å². The number of amides is 1. The van der Waals surface area contributed by atoms with Crippen LogP contribution in [0.3, 0.4) is 0 Å². The predicted octanol–water partition coefficient (Wildman–Crippen LogP) is 5.38. The van der Waals surface area contributed by atoms with Gasteiger partial charge in [0.2, 0.25) is 5.91 Å². The van der Waals surface area contributed by atoms with Gasteiger partial charge in [-0.05, 0) is 68.1 Å². The van der Waals surface area contributed by atoms with Gasteiger partial charge in [-0.15, -0.1) is 0 Å². The van der Waals surface area contributed by atoms with Gasteiger partial charge in [-0.1, -0.05) is 24.4 Å². The Morgan fingerprint density at radius 1 is 1.20 bits per heavy atom. The summed E-state index contributed by atoms with van der Waals surface area (Å²) in [5, 5.41) is 0.547. The molecule has 2 aromatic carbocycles. The molecule has 1 saturated heterocycles. The van der Waals surface area contributed by atoms with Crippen molar-refractivity contribution in [3.8, 4) is 16.9 Å². The third-order valence-electron chi connectivity index (χ3n) is 7.16. The first kappa shape index (κ1) is 25.7. The average molecular weight is 499 g/mol. The largest absolute Gasteiger partial charge is 0.492 e. The van der Waals surface area contributed by atoms with Crippen LogP contribution in [-0.2, 0) is 9.53 Å². The topological polar surface area (TPSA) is 59.1 Å². The third-order valence-corrected chi connectivity index (χ3v) is 7.47. The predicted molar refractivity (Wildman–Crippen MR) is 140 cm³/mol. The van der Waals surface area contributed by atoms with Crippen molar-refractivity contribution in [3.63, 3.8) is 0 Å². The maximum atomic E-state index is 13.3. The minimum atomic E-state index is 0.0650. The zero-order valence-corrected chi connectivity index (χ0v) is 21.5. The molecule has 0 aromatic heterocycles. The van der Waals surface area contributed by atoms with Crippen LogP contribution < -0.4 is 9.64 Å². The van der Waals surface area contributed by atoms with E-state index in [1.807, 2.05) is 49.1 Å². The summed E-state index contributed by atoms with van der Waals surface area (Å²) in [6.45, 7) is 9.25. The highest BCUT2D eigenvalue weighted by molar-refractivity contribution is 6.33. The molecule has 2 fully saturated rings. The minimum absolute atomic E-state index is 0.0650. The lowest BCUT2D eigenvalue weighted by atomic mass is 9.96. The molecular weight excluding hydrogens is 464 g/mol. The van der Waals surface area contributed by atoms with Crippen molar-refractivity contribution in [2.75, 3.05) is 50.9 Å². The Bertz CT molecular complexity index is 1050. The molecule has 2 aromatic rings. The molecule has 1 amide bonds. The smallest absolute Gasteiger partial charge is 0.230 e. The van der Waals surface area contributed by atoms with Gasteiger partial charge in [-0.2, -0.15) is 0 Å². The second kappa shape index (κ2) is 12.0. The van der Waals surface area contributed by atoms with E-state index in [9.17, 15) is 9.59 Å². The Hall–Kier alpha value is -2.41. The van der Waals surface area contributed by atoms with Crippen molar-refractivity contribution < 1.29 is 19.1 Å². The molecule has 1 heterocycles. The summed E-state index contributed by atoms with van der Waals surface area (Å²) in [6, 6.07) is 9.47. The lowest BCUT2D eigenvalue weighted by Gasteiger charge is -2.27. The number of hydrogen-bond donors (Lipinski definition) is 0. The van der Waals surface area contributed by atoms with Crippen molar-refractivity contribution >= 4 is 29.5 Å². The Morgan fingerprint density at radius 2 is 1.94 bits per heavy atom. The van der Waals surface area contributed by atoms with Crippen molar-refractivity contribution in [1.29, 1.82) is 0 Å². The van der Waals surface area contributed by atoms with E-state index in [2.05, 4.69) is 4.90 Å². The van der Waals surface area contributed by atoms with Gasteiger partial charge < -0.3 is 14.4 Å². The summed E-state index contributed by atoms with van der Waals surface area (Å²) in [5.41, 5.74) is 3.79. The van der Waals surface area contributed by atoms with Gasteiger partial charge >= 0.3 is 0 Å². The first-order valence-corrected chi connectivity index (χ1v) is 13.0. The van der Waals surface area contributed by atoms with E-state index >= 15 is 0 Å². The summed E-state index contributed by atoms with van der Waals surface area (Å²) in [4.78, 5) is 29.4. The Labute approximate surface area is 213 Å². The van der Waals surface area contributed by atoms with Crippen LogP contribution >= 0.6 is 11.6 Å². The maximum absolute atomic E-state index is 13.3. The van der Waals surface area contributed by atoms with Crippen molar-refractivity contribution in [1.82, 2.24) is 4.90 Å². The number of benzene rings is 2. The van der Waals surface area contributed by atoms with Gasteiger partial charge in [0.1, 0.15) is 18.6 Å². The highest BCUT2D eigenvalue weighted by Crippen LogP contribution is 2.37. The number of halogens is 1.